The summed E-state index contributed by atoms with van der Waals surface area (Å²) in [6.45, 7) is 0. The van der Waals surface area contributed by atoms with Crippen molar-refractivity contribution in [2.75, 3.05) is 5.32 Å². The molecule has 2 rings (SSSR count). The van der Waals surface area contributed by atoms with Crippen molar-refractivity contribution >= 4 is 70.7 Å². The topological polar surface area (TPSA) is 52.9 Å². The van der Waals surface area contributed by atoms with Gasteiger partial charge in [0.15, 0.2) is 0 Å². The van der Waals surface area contributed by atoms with Crippen molar-refractivity contribution in [1.82, 2.24) is 0 Å². The molecule has 0 bridgehead atoms. The van der Waals surface area contributed by atoms with E-state index in [-0.39, 0.29) is 5.91 Å². The summed E-state index contributed by atoms with van der Waals surface area (Å²) in [6.07, 6.45) is 0. The minimum atomic E-state index is -0.187. The number of carbonyl (C=O) groups is 1. The molecule has 0 unspecified atom stereocenters. The fourth-order valence-electron chi connectivity index (χ4n) is 1.33. The van der Waals surface area contributed by atoms with Gasteiger partial charge in [0.05, 0.1) is 14.2 Å². The number of hydrogen-bond acceptors (Lipinski definition) is 3. The SMILES string of the molecule is N#Cc1ccc(NC(=O)c2cc(Br)c(Br)s2)cc1Br. The van der Waals surface area contributed by atoms with E-state index in [9.17, 15) is 4.79 Å². The highest BCUT2D eigenvalue weighted by atomic mass is 79.9. The molecule has 96 valence electrons. The van der Waals surface area contributed by atoms with Gasteiger partial charge in [-0.15, -0.1) is 11.3 Å². The molecule has 0 atom stereocenters. The average Bonchev–Trinajstić information content (AvgIpc) is 2.70. The van der Waals surface area contributed by atoms with Gasteiger partial charge in [0.2, 0.25) is 0 Å². The lowest BCUT2D eigenvalue weighted by Gasteiger charge is -2.04. The van der Waals surface area contributed by atoms with Gasteiger partial charge in [-0.3, -0.25) is 4.79 Å². The van der Waals surface area contributed by atoms with E-state index in [4.69, 9.17) is 5.26 Å². The third-order valence-electron chi connectivity index (χ3n) is 2.22. The van der Waals surface area contributed by atoms with E-state index in [0.717, 1.165) is 8.26 Å². The fraction of sp³-hybridized carbons (Fsp3) is 0. The minimum absolute atomic E-state index is 0.187. The Labute approximate surface area is 139 Å². The first kappa shape index (κ1) is 14.7. The summed E-state index contributed by atoms with van der Waals surface area (Å²) in [5.41, 5.74) is 1.16. The van der Waals surface area contributed by atoms with Crippen molar-refractivity contribution in [1.29, 1.82) is 5.26 Å². The number of rotatable bonds is 2. The van der Waals surface area contributed by atoms with Crippen LogP contribution in [0.15, 0.2) is 37.0 Å². The van der Waals surface area contributed by atoms with Gasteiger partial charge in [-0.25, -0.2) is 0 Å². The summed E-state index contributed by atoms with van der Waals surface area (Å²) in [7, 11) is 0. The van der Waals surface area contributed by atoms with Gasteiger partial charge in [-0.2, -0.15) is 5.26 Å². The first-order chi connectivity index (χ1) is 9.01. The van der Waals surface area contributed by atoms with Gasteiger partial charge in [0.1, 0.15) is 6.07 Å². The maximum Gasteiger partial charge on any atom is 0.265 e. The zero-order chi connectivity index (χ0) is 14.0. The van der Waals surface area contributed by atoms with E-state index >= 15 is 0 Å². The Hall–Kier alpha value is -0.680. The molecule has 7 heteroatoms. The molecule has 0 fully saturated rings. The number of benzene rings is 1. The van der Waals surface area contributed by atoms with E-state index in [1.54, 1.807) is 24.3 Å². The highest BCUT2D eigenvalue weighted by molar-refractivity contribution is 9.13. The maximum atomic E-state index is 12.0. The maximum absolute atomic E-state index is 12.0. The standard InChI is InChI=1S/C12H5Br3N2OS/c13-8-3-7(2-1-6(8)5-16)17-12(18)10-4-9(14)11(15)19-10/h1-4H,(H,17,18). The molecular weight excluding hydrogens is 460 g/mol. The van der Waals surface area contributed by atoms with Gasteiger partial charge < -0.3 is 5.32 Å². The molecule has 0 saturated carbocycles. The molecule has 0 radical (unpaired) electrons. The molecule has 1 amide bonds. The van der Waals surface area contributed by atoms with Crippen LogP contribution in [-0.4, -0.2) is 5.91 Å². The summed E-state index contributed by atoms with van der Waals surface area (Å²) in [5, 5.41) is 11.6. The number of halogens is 3. The van der Waals surface area contributed by atoms with Gasteiger partial charge in [0, 0.05) is 14.6 Å². The normalized spacial score (nSPS) is 10.0. The van der Waals surface area contributed by atoms with Crippen LogP contribution in [0.4, 0.5) is 5.69 Å². The van der Waals surface area contributed by atoms with Crippen molar-refractivity contribution in [3.05, 3.63) is 47.4 Å². The Bertz CT molecular complexity index is 671. The van der Waals surface area contributed by atoms with Crippen LogP contribution in [0.3, 0.4) is 0 Å². The lowest BCUT2D eigenvalue weighted by molar-refractivity contribution is 0.103. The Morgan fingerprint density at radius 1 is 1.21 bits per heavy atom. The number of carbonyl (C=O) groups excluding carboxylic acids is 1. The summed E-state index contributed by atoms with van der Waals surface area (Å²) in [5.74, 6) is -0.187. The highest BCUT2D eigenvalue weighted by Crippen LogP contribution is 2.32. The van der Waals surface area contributed by atoms with Crippen LogP contribution in [0.25, 0.3) is 0 Å². The molecule has 2 aromatic rings. The van der Waals surface area contributed by atoms with E-state index in [1.165, 1.54) is 11.3 Å². The molecular formula is C12H5Br3N2OS. The second kappa shape index (κ2) is 6.18. The van der Waals surface area contributed by atoms with Crippen LogP contribution >= 0.6 is 59.1 Å². The van der Waals surface area contributed by atoms with Crippen molar-refractivity contribution in [2.45, 2.75) is 0 Å². The minimum Gasteiger partial charge on any atom is -0.321 e. The predicted molar refractivity (Wildman–Crippen MR) is 86.5 cm³/mol. The molecule has 1 heterocycles. The van der Waals surface area contributed by atoms with Gasteiger partial charge in [0.25, 0.3) is 5.91 Å². The third-order valence-corrected chi connectivity index (χ3v) is 6.13. The van der Waals surface area contributed by atoms with Crippen molar-refractivity contribution in [3.63, 3.8) is 0 Å². The Morgan fingerprint density at radius 2 is 1.95 bits per heavy atom. The second-order valence-electron chi connectivity index (χ2n) is 3.49. The van der Waals surface area contributed by atoms with E-state index in [2.05, 4.69) is 53.1 Å². The molecule has 0 aliphatic carbocycles. The molecule has 0 spiro atoms. The van der Waals surface area contributed by atoms with Gasteiger partial charge in [-0.1, -0.05) is 0 Å². The molecule has 0 aliphatic heterocycles. The first-order valence-electron chi connectivity index (χ1n) is 4.97. The molecule has 1 aromatic heterocycles. The van der Waals surface area contributed by atoms with Crippen LogP contribution in [0.1, 0.15) is 15.2 Å². The number of anilines is 1. The van der Waals surface area contributed by atoms with Gasteiger partial charge >= 0.3 is 0 Å². The molecule has 1 aromatic carbocycles. The summed E-state index contributed by atoms with van der Waals surface area (Å²) < 4.78 is 2.38. The molecule has 19 heavy (non-hydrogen) atoms. The molecule has 0 aliphatic rings. The van der Waals surface area contributed by atoms with E-state index in [0.29, 0.717) is 20.6 Å². The third kappa shape index (κ3) is 3.45. The first-order valence-corrected chi connectivity index (χ1v) is 8.16. The lowest BCUT2D eigenvalue weighted by atomic mass is 10.2. The quantitative estimate of drug-likeness (QED) is 0.667. The van der Waals surface area contributed by atoms with Crippen molar-refractivity contribution in [3.8, 4) is 6.07 Å². The number of thiophene rings is 1. The van der Waals surface area contributed by atoms with Gasteiger partial charge in [-0.05, 0) is 72.1 Å². The number of nitrogens with zero attached hydrogens (tertiary/aromatic N) is 1. The predicted octanol–water partition coefficient (Wildman–Crippen LogP) is 5.16. The second-order valence-corrected chi connectivity index (χ2v) is 7.57. The Balaban J connectivity index is 2.20. The number of nitriles is 1. The summed E-state index contributed by atoms with van der Waals surface area (Å²) in [6, 6.07) is 8.85. The number of amides is 1. The Morgan fingerprint density at radius 3 is 2.47 bits per heavy atom. The highest BCUT2D eigenvalue weighted by Gasteiger charge is 2.12. The van der Waals surface area contributed by atoms with E-state index in [1.807, 2.05) is 6.07 Å². The largest absolute Gasteiger partial charge is 0.321 e. The lowest BCUT2D eigenvalue weighted by Crippen LogP contribution is -2.10. The fourth-order valence-corrected chi connectivity index (χ4v) is 3.73. The van der Waals surface area contributed by atoms with Crippen LogP contribution in [0.5, 0.6) is 0 Å². The Kier molecular flexibility index (Phi) is 4.79. The van der Waals surface area contributed by atoms with E-state index < -0.39 is 0 Å². The summed E-state index contributed by atoms with van der Waals surface area (Å²) in [4.78, 5) is 12.6. The molecule has 3 nitrogen and oxygen atoms in total. The average molecular weight is 465 g/mol. The van der Waals surface area contributed by atoms with Crippen LogP contribution in [0.2, 0.25) is 0 Å². The molecule has 0 saturated heterocycles. The smallest absolute Gasteiger partial charge is 0.265 e. The number of hydrogen-bond donors (Lipinski definition) is 1. The number of nitrogens with one attached hydrogen (secondary N) is 1. The van der Waals surface area contributed by atoms with Crippen LogP contribution in [-0.2, 0) is 0 Å². The monoisotopic (exact) mass is 462 g/mol. The molecule has 1 N–H and O–H groups in total. The van der Waals surface area contributed by atoms with Crippen molar-refractivity contribution < 1.29 is 4.79 Å². The van der Waals surface area contributed by atoms with Crippen LogP contribution in [0, 0.1) is 11.3 Å². The summed E-state index contributed by atoms with van der Waals surface area (Å²) >= 11 is 11.3. The van der Waals surface area contributed by atoms with Crippen molar-refractivity contribution in [2.24, 2.45) is 0 Å². The zero-order valence-corrected chi connectivity index (χ0v) is 14.8. The van der Waals surface area contributed by atoms with Crippen LogP contribution < -0.4 is 5.32 Å². The zero-order valence-electron chi connectivity index (χ0n) is 9.21.